The van der Waals surface area contributed by atoms with Gasteiger partial charge in [0.25, 0.3) is 17.7 Å². The van der Waals surface area contributed by atoms with Gasteiger partial charge >= 0.3 is 0 Å². The number of nitrogens with one attached hydrogen (secondary N) is 3. The maximum atomic E-state index is 12.9. The molecule has 3 N–H and O–H groups in total. The Kier molecular flexibility index (Phi) is 8.36. The lowest BCUT2D eigenvalue weighted by molar-refractivity contribution is -0.124. The second kappa shape index (κ2) is 10.8. The van der Waals surface area contributed by atoms with Crippen molar-refractivity contribution < 1.29 is 28.6 Å². The number of halogens is 1. The first-order chi connectivity index (χ1) is 15.1. The van der Waals surface area contributed by atoms with Gasteiger partial charge in [-0.2, -0.15) is 0 Å². The summed E-state index contributed by atoms with van der Waals surface area (Å²) in [5.74, 6) is -0.998. The van der Waals surface area contributed by atoms with Gasteiger partial charge in [0.05, 0.1) is 26.4 Å². The molecule has 0 unspecified atom stereocenters. The van der Waals surface area contributed by atoms with Gasteiger partial charge in [0.1, 0.15) is 11.7 Å². The van der Waals surface area contributed by atoms with E-state index in [9.17, 15) is 14.4 Å². The number of benzene rings is 1. The van der Waals surface area contributed by atoms with E-state index in [1.807, 2.05) is 0 Å². The molecule has 0 saturated carbocycles. The van der Waals surface area contributed by atoms with Crippen molar-refractivity contribution in [1.82, 2.24) is 20.7 Å². The minimum Gasteiger partial charge on any atom is -0.493 e. The summed E-state index contributed by atoms with van der Waals surface area (Å²) >= 11 is 5.88. The molecule has 1 atom stereocenters. The standard InChI is InChI=1S/C21H27ClN4O6/c1-11(2)17(21(29)25-24-20(28)14-9-13(22)10-26(14)3)23-19(27)12-7-15(30-4)18(32-6)16(8-12)31-5/h7-11,17H,1-6H3,(H,23,27)(H,24,28)(H,25,29)/t17-/m1/s1. The topological polar surface area (TPSA) is 120 Å². The highest BCUT2D eigenvalue weighted by Gasteiger charge is 2.27. The van der Waals surface area contributed by atoms with E-state index in [4.69, 9.17) is 25.8 Å². The van der Waals surface area contributed by atoms with Crippen molar-refractivity contribution in [2.24, 2.45) is 13.0 Å². The van der Waals surface area contributed by atoms with Crippen LogP contribution in [0.3, 0.4) is 0 Å². The summed E-state index contributed by atoms with van der Waals surface area (Å²) in [6, 6.07) is 3.49. The van der Waals surface area contributed by atoms with Gasteiger partial charge in [-0.05, 0) is 24.1 Å². The molecule has 1 heterocycles. The first-order valence-electron chi connectivity index (χ1n) is 9.65. The van der Waals surface area contributed by atoms with Crippen LogP contribution in [0.15, 0.2) is 24.4 Å². The van der Waals surface area contributed by atoms with Crippen molar-refractivity contribution in [2.75, 3.05) is 21.3 Å². The summed E-state index contributed by atoms with van der Waals surface area (Å²) in [6.45, 7) is 3.52. The maximum Gasteiger partial charge on any atom is 0.286 e. The summed E-state index contributed by atoms with van der Waals surface area (Å²) in [7, 11) is 5.98. The number of aryl methyl sites for hydroxylation is 1. The lowest BCUT2D eigenvalue weighted by Gasteiger charge is -2.22. The fourth-order valence-electron chi connectivity index (χ4n) is 2.98. The van der Waals surface area contributed by atoms with E-state index in [1.54, 1.807) is 27.1 Å². The van der Waals surface area contributed by atoms with Crippen LogP contribution in [0.5, 0.6) is 17.2 Å². The molecule has 174 valence electrons. The van der Waals surface area contributed by atoms with Crippen LogP contribution in [0.1, 0.15) is 34.7 Å². The number of hydrazine groups is 1. The Hall–Kier alpha value is -3.40. The molecule has 3 amide bonds. The molecule has 32 heavy (non-hydrogen) atoms. The van der Waals surface area contributed by atoms with Crippen LogP contribution in [0.4, 0.5) is 0 Å². The molecular formula is C21H27ClN4O6. The van der Waals surface area contributed by atoms with Crippen molar-refractivity contribution in [3.05, 3.63) is 40.7 Å². The van der Waals surface area contributed by atoms with Gasteiger partial charge in [-0.1, -0.05) is 25.4 Å². The quantitative estimate of drug-likeness (QED) is 0.511. The molecule has 0 fully saturated rings. The molecule has 0 radical (unpaired) electrons. The summed E-state index contributed by atoms with van der Waals surface area (Å²) in [4.78, 5) is 37.8. The van der Waals surface area contributed by atoms with E-state index in [2.05, 4.69) is 16.2 Å². The fraction of sp³-hybridized carbons (Fsp3) is 0.381. The molecular weight excluding hydrogens is 440 g/mol. The number of rotatable bonds is 8. The van der Waals surface area contributed by atoms with Gasteiger partial charge in [0.2, 0.25) is 5.75 Å². The molecule has 0 aliphatic heterocycles. The molecule has 0 spiro atoms. The van der Waals surface area contributed by atoms with E-state index in [-0.39, 0.29) is 17.2 Å². The van der Waals surface area contributed by atoms with Gasteiger partial charge in [-0.15, -0.1) is 0 Å². The van der Waals surface area contributed by atoms with Crippen LogP contribution in [0, 0.1) is 5.92 Å². The monoisotopic (exact) mass is 466 g/mol. The molecule has 0 bridgehead atoms. The minimum absolute atomic E-state index is 0.209. The van der Waals surface area contributed by atoms with Crippen molar-refractivity contribution in [3.63, 3.8) is 0 Å². The van der Waals surface area contributed by atoms with E-state index in [0.717, 1.165) is 0 Å². The van der Waals surface area contributed by atoms with Crippen molar-refractivity contribution in [1.29, 1.82) is 0 Å². The number of ether oxygens (including phenoxy) is 3. The van der Waals surface area contributed by atoms with E-state index in [1.165, 1.54) is 44.1 Å². The second-order valence-electron chi connectivity index (χ2n) is 7.21. The van der Waals surface area contributed by atoms with Crippen LogP contribution in [-0.2, 0) is 11.8 Å². The summed E-state index contributed by atoms with van der Waals surface area (Å²) in [5.41, 5.74) is 5.14. The molecule has 2 aromatic rings. The third-order valence-electron chi connectivity index (χ3n) is 4.67. The minimum atomic E-state index is -0.932. The zero-order valence-electron chi connectivity index (χ0n) is 18.7. The predicted molar refractivity (Wildman–Crippen MR) is 118 cm³/mol. The number of carbonyl (C=O) groups excluding carboxylic acids is 3. The van der Waals surface area contributed by atoms with Crippen LogP contribution in [0.25, 0.3) is 0 Å². The average Bonchev–Trinajstić information content (AvgIpc) is 3.11. The lowest BCUT2D eigenvalue weighted by Crippen LogP contribution is -2.54. The molecule has 0 aliphatic rings. The molecule has 0 saturated heterocycles. The molecule has 0 aliphatic carbocycles. The third-order valence-corrected chi connectivity index (χ3v) is 4.87. The zero-order valence-corrected chi connectivity index (χ0v) is 19.5. The molecule has 10 nitrogen and oxygen atoms in total. The summed E-state index contributed by atoms with van der Waals surface area (Å²) in [6.07, 6.45) is 1.56. The maximum absolute atomic E-state index is 12.9. The fourth-order valence-corrected chi connectivity index (χ4v) is 3.23. The van der Waals surface area contributed by atoms with Crippen LogP contribution < -0.4 is 30.4 Å². The van der Waals surface area contributed by atoms with Crippen molar-refractivity contribution >= 4 is 29.3 Å². The highest BCUT2D eigenvalue weighted by atomic mass is 35.5. The number of hydrogen-bond donors (Lipinski definition) is 3. The van der Waals surface area contributed by atoms with Crippen molar-refractivity contribution in [2.45, 2.75) is 19.9 Å². The lowest BCUT2D eigenvalue weighted by atomic mass is 10.0. The number of carbonyl (C=O) groups is 3. The highest BCUT2D eigenvalue weighted by Crippen LogP contribution is 2.38. The van der Waals surface area contributed by atoms with E-state index < -0.39 is 23.8 Å². The molecule has 1 aromatic carbocycles. The van der Waals surface area contributed by atoms with E-state index in [0.29, 0.717) is 22.3 Å². The van der Waals surface area contributed by atoms with E-state index >= 15 is 0 Å². The third kappa shape index (κ3) is 5.64. The number of hydrogen-bond acceptors (Lipinski definition) is 6. The molecule has 11 heteroatoms. The number of methoxy groups -OCH3 is 3. The highest BCUT2D eigenvalue weighted by molar-refractivity contribution is 6.31. The summed E-state index contributed by atoms with van der Waals surface area (Å²) < 4.78 is 17.3. The molecule has 2 rings (SSSR count). The predicted octanol–water partition coefficient (Wildman–Crippen LogP) is 1.92. The number of aromatic nitrogens is 1. The van der Waals surface area contributed by atoms with Gasteiger partial charge in [-0.3, -0.25) is 25.2 Å². The van der Waals surface area contributed by atoms with Crippen LogP contribution in [0.2, 0.25) is 5.02 Å². The Morgan fingerprint density at radius 2 is 1.53 bits per heavy atom. The Balaban J connectivity index is 2.14. The van der Waals surface area contributed by atoms with Gasteiger partial charge in [-0.25, -0.2) is 0 Å². The zero-order chi connectivity index (χ0) is 24.0. The van der Waals surface area contributed by atoms with Gasteiger partial charge in [0, 0.05) is 18.8 Å². The Labute approximate surface area is 191 Å². The SMILES string of the molecule is COc1cc(C(=O)N[C@@H](C(=O)NNC(=O)c2cc(Cl)cn2C)C(C)C)cc(OC)c1OC. The Bertz CT molecular complexity index is 979. The Morgan fingerprint density at radius 1 is 0.938 bits per heavy atom. The second-order valence-corrected chi connectivity index (χ2v) is 7.64. The number of amides is 3. The first kappa shape index (κ1) is 24.9. The average molecular weight is 467 g/mol. The van der Waals surface area contributed by atoms with Crippen LogP contribution in [-0.4, -0.2) is 49.7 Å². The van der Waals surface area contributed by atoms with Crippen LogP contribution >= 0.6 is 11.6 Å². The summed E-state index contributed by atoms with van der Waals surface area (Å²) in [5, 5.41) is 3.06. The normalized spacial score (nSPS) is 11.5. The molecule has 1 aromatic heterocycles. The first-order valence-corrected chi connectivity index (χ1v) is 10.0. The van der Waals surface area contributed by atoms with Crippen molar-refractivity contribution in [3.8, 4) is 17.2 Å². The van der Waals surface area contributed by atoms with Gasteiger partial charge in [0.15, 0.2) is 11.5 Å². The smallest absolute Gasteiger partial charge is 0.286 e. The van der Waals surface area contributed by atoms with Gasteiger partial charge < -0.3 is 24.1 Å². The Morgan fingerprint density at radius 3 is 1.97 bits per heavy atom. The number of nitrogens with zero attached hydrogens (tertiary/aromatic N) is 1. The largest absolute Gasteiger partial charge is 0.493 e.